The number of carbonyl (C=O) groups is 1. The molecule has 0 fully saturated rings. The zero-order valence-corrected chi connectivity index (χ0v) is 9.61. The van der Waals surface area contributed by atoms with Crippen LogP contribution in [0, 0.1) is 0 Å². The molecule has 4 nitrogen and oxygen atoms in total. The van der Waals surface area contributed by atoms with Gasteiger partial charge in [0.15, 0.2) is 0 Å². The highest BCUT2D eigenvalue weighted by atomic mass is 16.5. The summed E-state index contributed by atoms with van der Waals surface area (Å²) >= 11 is 0. The minimum Gasteiger partial charge on any atom is -0.458 e. The first-order valence-electron chi connectivity index (χ1n) is 5.36. The molecule has 1 rings (SSSR count). The molecule has 0 aliphatic heterocycles. The van der Waals surface area contributed by atoms with Gasteiger partial charge >= 0.3 is 5.97 Å². The summed E-state index contributed by atoms with van der Waals surface area (Å²) in [5.74, 6) is -0.415. The summed E-state index contributed by atoms with van der Waals surface area (Å²) in [5.41, 5.74) is 0.483. The SMILES string of the molecule is C[C@@H](O)[C@H](O)/C=C/COC(=O)c1ccccc1. The molecule has 0 radical (unpaired) electrons. The Morgan fingerprint density at radius 1 is 1.35 bits per heavy atom. The first-order chi connectivity index (χ1) is 8.11. The van der Waals surface area contributed by atoms with E-state index in [0.29, 0.717) is 5.56 Å². The Balaban J connectivity index is 2.35. The number of aliphatic hydroxyl groups excluding tert-OH is 2. The molecule has 92 valence electrons. The molecule has 0 bridgehead atoms. The zero-order valence-electron chi connectivity index (χ0n) is 9.61. The maximum Gasteiger partial charge on any atom is 0.338 e. The molecule has 0 heterocycles. The van der Waals surface area contributed by atoms with Crippen molar-refractivity contribution in [1.29, 1.82) is 0 Å². The molecule has 0 amide bonds. The molecule has 0 aliphatic rings. The van der Waals surface area contributed by atoms with Crippen LogP contribution in [0.3, 0.4) is 0 Å². The minimum atomic E-state index is -0.939. The Morgan fingerprint density at radius 2 is 2.00 bits per heavy atom. The summed E-state index contributed by atoms with van der Waals surface area (Å²) in [6.45, 7) is 1.54. The van der Waals surface area contributed by atoms with Crippen molar-refractivity contribution in [1.82, 2.24) is 0 Å². The van der Waals surface area contributed by atoms with E-state index in [1.807, 2.05) is 6.07 Å². The van der Waals surface area contributed by atoms with Gasteiger partial charge in [-0.1, -0.05) is 24.3 Å². The second-order valence-corrected chi connectivity index (χ2v) is 3.62. The summed E-state index contributed by atoms with van der Waals surface area (Å²) < 4.78 is 4.94. The summed E-state index contributed by atoms with van der Waals surface area (Å²) in [7, 11) is 0. The van der Waals surface area contributed by atoms with Gasteiger partial charge in [-0.2, -0.15) is 0 Å². The van der Waals surface area contributed by atoms with E-state index in [-0.39, 0.29) is 6.61 Å². The van der Waals surface area contributed by atoms with Gasteiger partial charge in [-0.15, -0.1) is 0 Å². The van der Waals surface area contributed by atoms with Crippen LogP contribution in [0.5, 0.6) is 0 Å². The normalized spacial score (nSPS) is 14.5. The third-order valence-corrected chi connectivity index (χ3v) is 2.15. The van der Waals surface area contributed by atoms with Gasteiger partial charge in [0.25, 0.3) is 0 Å². The van der Waals surface area contributed by atoms with Crippen molar-refractivity contribution in [3.63, 3.8) is 0 Å². The highest BCUT2D eigenvalue weighted by molar-refractivity contribution is 5.89. The van der Waals surface area contributed by atoms with Crippen LogP contribution < -0.4 is 0 Å². The van der Waals surface area contributed by atoms with E-state index in [9.17, 15) is 9.90 Å². The second kappa shape index (κ2) is 6.83. The zero-order chi connectivity index (χ0) is 12.7. The highest BCUT2D eigenvalue weighted by Crippen LogP contribution is 2.01. The van der Waals surface area contributed by atoms with Gasteiger partial charge in [0.05, 0.1) is 17.8 Å². The average molecular weight is 236 g/mol. The van der Waals surface area contributed by atoms with Crippen molar-refractivity contribution in [3.05, 3.63) is 48.0 Å². The van der Waals surface area contributed by atoms with Crippen LogP contribution in [0.25, 0.3) is 0 Å². The molecular formula is C13H16O4. The standard InChI is InChI=1S/C13H16O4/c1-10(14)12(15)8-5-9-17-13(16)11-6-3-2-4-7-11/h2-8,10,12,14-15H,9H2,1H3/b8-5+/t10-,12-/m1/s1. The fraction of sp³-hybridized carbons (Fsp3) is 0.308. The van der Waals surface area contributed by atoms with Crippen molar-refractivity contribution in [3.8, 4) is 0 Å². The molecule has 0 saturated heterocycles. The largest absolute Gasteiger partial charge is 0.458 e. The molecule has 1 aromatic carbocycles. The van der Waals surface area contributed by atoms with E-state index in [4.69, 9.17) is 9.84 Å². The van der Waals surface area contributed by atoms with E-state index < -0.39 is 18.2 Å². The van der Waals surface area contributed by atoms with Crippen LogP contribution >= 0.6 is 0 Å². The van der Waals surface area contributed by atoms with Gasteiger partial charge in [-0.05, 0) is 25.1 Å². The minimum absolute atomic E-state index is 0.0670. The quantitative estimate of drug-likeness (QED) is 0.594. The lowest BCUT2D eigenvalue weighted by Crippen LogP contribution is -2.19. The van der Waals surface area contributed by atoms with Crippen LogP contribution in [-0.4, -0.2) is 35.0 Å². The Kier molecular flexibility index (Phi) is 5.39. The number of carbonyl (C=O) groups excluding carboxylic acids is 1. The molecule has 0 aliphatic carbocycles. The number of esters is 1. The molecule has 17 heavy (non-hydrogen) atoms. The fourth-order valence-corrected chi connectivity index (χ4v) is 1.14. The van der Waals surface area contributed by atoms with E-state index >= 15 is 0 Å². The maximum atomic E-state index is 11.5. The summed E-state index contributed by atoms with van der Waals surface area (Å²) in [4.78, 5) is 11.5. The van der Waals surface area contributed by atoms with Crippen LogP contribution in [-0.2, 0) is 4.74 Å². The lowest BCUT2D eigenvalue weighted by atomic mass is 10.2. The second-order valence-electron chi connectivity index (χ2n) is 3.62. The van der Waals surface area contributed by atoms with Crippen molar-refractivity contribution in [2.75, 3.05) is 6.61 Å². The predicted octanol–water partition coefficient (Wildman–Crippen LogP) is 1.14. The van der Waals surface area contributed by atoms with Crippen LogP contribution in [0.15, 0.2) is 42.5 Å². The summed E-state index contributed by atoms with van der Waals surface area (Å²) in [6.07, 6.45) is 1.11. The molecule has 2 N–H and O–H groups in total. The Labute approximate surface area is 100 Å². The monoisotopic (exact) mass is 236 g/mol. The number of ether oxygens (including phenoxy) is 1. The van der Waals surface area contributed by atoms with Gasteiger partial charge in [0.1, 0.15) is 6.61 Å². The maximum absolute atomic E-state index is 11.5. The Bertz CT molecular complexity index is 370. The Hall–Kier alpha value is -1.65. The van der Waals surface area contributed by atoms with E-state index in [1.54, 1.807) is 24.3 Å². The molecule has 4 heteroatoms. The molecule has 0 saturated carbocycles. The molecule has 2 atom stereocenters. The van der Waals surface area contributed by atoms with Gasteiger partial charge < -0.3 is 14.9 Å². The third-order valence-electron chi connectivity index (χ3n) is 2.15. The molecule has 0 aromatic heterocycles. The summed E-state index contributed by atoms with van der Waals surface area (Å²) in [5, 5.41) is 18.2. The van der Waals surface area contributed by atoms with E-state index in [1.165, 1.54) is 19.1 Å². The van der Waals surface area contributed by atoms with Crippen molar-refractivity contribution >= 4 is 5.97 Å². The molecular weight excluding hydrogens is 220 g/mol. The van der Waals surface area contributed by atoms with Crippen molar-refractivity contribution < 1.29 is 19.7 Å². The number of rotatable bonds is 5. The smallest absolute Gasteiger partial charge is 0.338 e. The lowest BCUT2D eigenvalue weighted by molar-refractivity contribution is 0.0534. The van der Waals surface area contributed by atoms with Gasteiger partial charge in [-0.25, -0.2) is 4.79 Å². The highest BCUT2D eigenvalue weighted by Gasteiger charge is 2.06. The topological polar surface area (TPSA) is 66.8 Å². The van der Waals surface area contributed by atoms with E-state index in [2.05, 4.69) is 0 Å². The number of hydrogen-bond donors (Lipinski definition) is 2. The lowest BCUT2D eigenvalue weighted by Gasteiger charge is -2.07. The third kappa shape index (κ3) is 4.80. The van der Waals surface area contributed by atoms with Crippen LogP contribution in [0.1, 0.15) is 17.3 Å². The van der Waals surface area contributed by atoms with Gasteiger partial charge in [0.2, 0.25) is 0 Å². The first-order valence-corrected chi connectivity index (χ1v) is 5.36. The summed E-state index contributed by atoms with van der Waals surface area (Å²) in [6, 6.07) is 8.65. The fourth-order valence-electron chi connectivity index (χ4n) is 1.14. The van der Waals surface area contributed by atoms with Crippen molar-refractivity contribution in [2.45, 2.75) is 19.1 Å². The average Bonchev–Trinajstić information content (AvgIpc) is 2.35. The first kappa shape index (κ1) is 13.4. The number of aliphatic hydroxyl groups is 2. The van der Waals surface area contributed by atoms with E-state index in [0.717, 1.165) is 0 Å². The molecule has 0 unspecified atom stereocenters. The number of hydrogen-bond acceptors (Lipinski definition) is 4. The van der Waals surface area contributed by atoms with Gasteiger partial charge in [-0.3, -0.25) is 0 Å². The van der Waals surface area contributed by atoms with Crippen molar-refractivity contribution in [2.24, 2.45) is 0 Å². The molecule has 1 aromatic rings. The predicted molar refractivity (Wildman–Crippen MR) is 63.6 cm³/mol. The van der Waals surface area contributed by atoms with Crippen LogP contribution in [0.2, 0.25) is 0 Å². The Morgan fingerprint density at radius 3 is 2.59 bits per heavy atom. The number of benzene rings is 1. The molecule has 0 spiro atoms. The van der Waals surface area contributed by atoms with Gasteiger partial charge in [0, 0.05) is 0 Å². The van der Waals surface area contributed by atoms with Crippen LogP contribution in [0.4, 0.5) is 0 Å².